The largest absolute Gasteiger partial charge is 0.417 e. The highest BCUT2D eigenvalue weighted by atomic mass is 79.9. The van der Waals surface area contributed by atoms with Crippen LogP contribution in [-0.4, -0.2) is 19.8 Å². The topological polar surface area (TPSA) is 46.2 Å². The van der Waals surface area contributed by atoms with Gasteiger partial charge in [-0.05, 0) is 24.5 Å². The van der Waals surface area contributed by atoms with Crippen LogP contribution in [0.15, 0.2) is 29.2 Å². The van der Waals surface area contributed by atoms with E-state index in [1.165, 1.54) is 12.1 Å². The Hall–Kier alpha value is -0.600. The normalized spacial score (nSPS) is 14.4. The average molecular weight is 388 g/mol. The molecule has 0 aliphatic heterocycles. The van der Waals surface area contributed by atoms with E-state index in [9.17, 15) is 21.6 Å². The molecule has 0 amide bonds. The van der Waals surface area contributed by atoms with Crippen LogP contribution in [0.2, 0.25) is 0 Å². The Labute approximate surface area is 131 Å². The zero-order chi connectivity index (χ0) is 16.3. The van der Waals surface area contributed by atoms with Crippen molar-refractivity contribution in [2.45, 2.75) is 37.4 Å². The Morgan fingerprint density at radius 1 is 1.24 bits per heavy atom. The monoisotopic (exact) mass is 387 g/mol. The zero-order valence-electron chi connectivity index (χ0n) is 11.6. The first-order chi connectivity index (χ1) is 9.59. The highest BCUT2D eigenvalue weighted by Gasteiger charge is 2.37. The maximum Gasteiger partial charge on any atom is 0.417 e. The molecule has 120 valence electrons. The van der Waals surface area contributed by atoms with Gasteiger partial charge in [-0.25, -0.2) is 13.1 Å². The maximum atomic E-state index is 12.9. The van der Waals surface area contributed by atoms with Gasteiger partial charge in [-0.3, -0.25) is 0 Å². The van der Waals surface area contributed by atoms with E-state index in [0.717, 1.165) is 12.1 Å². The number of alkyl halides is 4. The van der Waals surface area contributed by atoms with E-state index >= 15 is 0 Å². The summed E-state index contributed by atoms with van der Waals surface area (Å²) in [7, 11) is -4.23. The average Bonchev–Trinajstić information content (AvgIpc) is 2.37. The van der Waals surface area contributed by atoms with Crippen molar-refractivity contribution in [3.8, 4) is 0 Å². The van der Waals surface area contributed by atoms with Gasteiger partial charge in [0, 0.05) is 11.4 Å². The molecule has 1 atom stereocenters. The minimum Gasteiger partial charge on any atom is -0.208 e. The van der Waals surface area contributed by atoms with Crippen molar-refractivity contribution >= 4 is 26.0 Å². The Balaban J connectivity index is 3.20. The van der Waals surface area contributed by atoms with Crippen LogP contribution in [0, 0.1) is 5.92 Å². The van der Waals surface area contributed by atoms with Crippen molar-refractivity contribution in [1.29, 1.82) is 0 Å². The molecule has 0 saturated carbocycles. The van der Waals surface area contributed by atoms with E-state index < -0.39 is 32.7 Å². The molecule has 0 aliphatic rings. The SMILES string of the molecule is CC(C)C(CCBr)NS(=O)(=O)c1ccccc1C(F)(F)F. The Morgan fingerprint density at radius 3 is 2.29 bits per heavy atom. The first-order valence-corrected chi connectivity index (χ1v) is 8.94. The summed E-state index contributed by atoms with van der Waals surface area (Å²) in [5.41, 5.74) is -1.15. The summed E-state index contributed by atoms with van der Waals surface area (Å²) in [5, 5.41) is 0.555. The third-order valence-electron chi connectivity index (χ3n) is 3.01. The molecular formula is C13H17BrF3NO2S. The van der Waals surface area contributed by atoms with Crippen molar-refractivity contribution in [2.24, 2.45) is 5.92 Å². The summed E-state index contributed by atoms with van der Waals surface area (Å²) >= 11 is 3.21. The molecule has 3 nitrogen and oxygen atoms in total. The van der Waals surface area contributed by atoms with Gasteiger partial charge in [0.2, 0.25) is 10.0 Å². The number of sulfonamides is 1. The molecule has 1 N–H and O–H groups in total. The second-order valence-electron chi connectivity index (χ2n) is 4.94. The lowest BCUT2D eigenvalue weighted by molar-refractivity contribution is -0.139. The molecule has 0 saturated heterocycles. The predicted octanol–water partition coefficient (Wildman–Crippen LogP) is 3.79. The van der Waals surface area contributed by atoms with Gasteiger partial charge in [0.1, 0.15) is 0 Å². The third kappa shape index (κ3) is 4.96. The van der Waals surface area contributed by atoms with Crippen LogP contribution in [0.25, 0.3) is 0 Å². The van der Waals surface area contributed by atoms with Crippen LogP contribution in [0.3, 0.4) is 0 Å². The van der Waals surface area contributed by atoms with E-state index in [2.05, 4.69) is 20.7 Å². The van der Waals surface area contributed by atoms with Crippen molar-refractivity contribution in [1.82, 2.24) is 4.72 Å². The number of halogens is 4. The lowest BCUT2D eigenvalue weighted by Crippen LogP contribution is -2.39. The number of benzene rings is 1. The smallest absolute Gasteiger partial charge is 0.208 e. The van der Waals surface area contributed by atoms with Crippen LogP contribution in [-0.2, 0) is 16.2 Å². The summed E-state index contributed by atoms with van der Waals surface area (Å²) in [6.45, 7) is 3.62. The second kappa shape index (κ2) is 7.11. The number of rotatable bonds is 6. The van der Waals surface area contributed by atoms with E-state index in [1.807, 2.05) is 13.8 Å². The van der Waals surface area contributed by atoms with Gasteiger partial charge in [0.15, 0.2) is 0 Å². The summed E-state index contributed by atoms with van der Waals surface area (Å²) in [6, 6.07) is 3.75. The molecule has 0 spiro atoms. The second-order valence-corrected chi connectivity index (χ2v) is 7.42. The van der Waals surface area contributed by atoms with Gasteiger partial charge >= 0.3 is 6.18 Å². The summed E-state index contributed by atoms with van der Waals surface area (Å²) < 4.78 is 65.7. The molecule has 0 aromatic heterocycles. The lowest BCUT2D eigenvalue weighted by atomic mass is 10.0. The van der Waals surface area contributed by atoms with Crippen molar-refractivity contribution in [3.05, 3.63) is 29.8 Å². The quantitative estimate of drug-likeness (QED) is 0.754. The van der Waals surface area contributed by atoms with Crippen LogP contribution in [0.4, 0.5) is 13.2 Å². The molecule has 1 unspecified atom stereocenters. The van der Waals surface area contributed by atoms with Crippen molar-refractivity contribution in [2.75, 3.05) is 5.33 Å². The zero-order valence-corrected chi connectivity index (χ0v) is 14.0. The van der Waals surface area contributed by atoms with E-state index in [-0.39, 0.29) is 5.92 Å². The molecule has 21 heavy (non-hydrogen) atoms. The minimum absolute atomic E-state index is 0.0321. The van der Waals surface area contributed by atoms with Gasteiger partial charge in [-0.1, -0.05) is 41.9 Å². The molecule has 1 aromatic carbocycles. The third-order valence-corrected chi connectivity index (χ3v) is 5.02. The molecule has 1 aromatic rings. The Morgan fingerprint density at radius 2 is 1.81 bits per heavy atom. The number of hydrogen-bond donors (Lipinski definition) is 1. The van der Waals surface area contributed by atoms with Crippen LogP contribution < -0.4 is 4.72 Å². The maximum absolute atomic E-state index is 12.9. The molecule has 0 bridgehead atoms. The molecule has 0 radical (unpaired) electrons. The summed E-state index contributed by atoms with van der Waals surface area (Å²) in [5.74, 6) is -0.0321. The van der Waals surface area contributed by atoms with Gasteiger partial charge < -0.3 is 0 Å². The molecule has 0 heterocycles. The molecule has 0 fully saturated rings. The van der Waals surface area contributed by atoms with Crippen molar-refractivity contribution in [3.63, 3.8) is 0 Å². The number of nitrogens with one attached hydrogen (secondary N) is 1. The van der Waals surface area contributed by atoms with E-state index in [0.29, 0.717) is 11.8 Å². The highest BCUT2D eigenvalue weighted by molar-refractivity contribution is 9.09. The van der Waals surface area contributed by atoms with Crippen LogP contribution >= 0.6 is 15.9 Å². The van der Waals surface area contributed by atoms with Crippen LogP contribution in [0.1, 0.15) is 25.8 Å². The van der Waals surface area contributed by atoms with Gasteiger partial charge in [0.05, 0.1) is 10.5 Å². The Kier molecular flexibility index (Phi) is 6.24. The predicted molar refractivity (Wildman–Crippen MR) is 78.8 cm³/mol. The molecule has 0 aliphatic carbocycles. The van der Waals surface area contributed by atoms with Gasteiger partial charge in [-0.15, -0.1) is 0 Å². The summed E-state index contributed by atoms with van der Waals surface area (Å²) in [4.78, 5) is -0.738. The molecule has 8 heteroatoms. The number of hydrogen-bond acceptors (Lipinski definition) is 2. The van der Waals surface area contributed by atoms with Gasteiger partial charge in [0.25, 0.3) is 0 Å². The lowest BCUT2D eigenvalue weighted by Gasteiger charge is -2.22. The molecule has 1 rings (SSSR count). The van der Waals surface area contributed by atoms with E-state index in [1.54, 1.807) is 0 Å². The van der Waals surface area contributed by atoms with Crippen LogP contribution in [0.5, 0.6) is 0 Å². The first kappa shape index (κ1) is 18.4. The fraction of sp³-hybridized carbons (Fsp3) is 0.538. The minimum atomic E-state index is -4.71. The summed E-state index contributed by atoms with van der Waals surface area (Å²) in [6.07, 6.45) is -4.22. The van der Waals surface area contributed by atoms with E-state index in [4.69, 9.17) is 0 Å². The standard InChI is InChI=1S/C13H17BrF3NO2S/c1-9(2)11(7-8-14)18-21(19,20)12-6-4-3-5-10(12)13(15,16)17/h3-6,9,11,18H,7-8H2,1-2H3. The van der Waals surface area contributed by atoms with Crippen molar-refractivity contribution < 1.29 is 21.6 Å². The first-order valence-electron chi connectivity index (χ1n) is 6.34. The fourth-order valence-corrected chi connectivity index (χ4v) is 3.98. The Bertz CT molecular complexity index is 573. The highest BCUT2D eigenvalue weighted by Crippen LogP contribution is 2.34. The molecular weight excluding hydrogens is 371 g/mol. The fourth-order valence-electron chi connectivity index (χ4n) is 1.84. The van der Waals surface area contributed by atoms with Gasteiger partial charge in [-0.2, -0.15) is 13.2 Å².